The molecule has 0 aliphatic carbocycles. The van der Waals surface area contributed by atoms with Crippen LogP contribution < -0.4 is 11.1 Å². The summed E-state index contributed by atoms with van der Waals surface area (Å²) in [5, 5.41) is 0.381. The second kappa shape index (κ2) is 4.90. The molecule has 0 fully saturated rings. The van der Waals surface area contributed by atoms with Crippen LogP contribution in [0.2, 0.25) is 0 Å². The number of thiol groups is 1. The van der Waals surface area contributed by atoms with Gasteiger partial charge < -0.3 is 11.1 Å². The molecule has 1 aromatic carbocycles. The first-order valence-electron chi connectivity index (χ1n) is 5.26. The maximum absolute atomic E-state index is 4.63. The molecule has 1 heterocycles. The highest BCUT2D eigenvalue weighted by molar-refractivity contribution is 7.81. The van der Waals surface area contributed by atoms with E-state index in [0.717, 1.165) is 13.0 Å². The minimum absolute atomic E-state index is 0. The highest BCUT2D eigenvalue weighted by atomic mass is 32.1. The van der Waals surface area contributed by atoms with Gasteiger partial charge in [-0.1, -0.05) is 19.1 Å². The summed E-state index contributed by atoms with van der Waals surface area (Å²) in [5.41, 5.74) is 4.18. The Morgan fingerprint density at radius 1 is 1.47 bits per heavy atom. The molecule has 0 saturated carbocycles. The van der Waals surface area contributed by atoms with Crippen molar-refractivity contribution in [3.05, 3.63) is 29.3 Å². The molecule has 0 radical (unpaired) electrons. The van der Waals surface area contributed by atoms with Gasteiger partial charge in [0, 0.05) is 18.7 Å². The Kier molecular flexibility index (Phi) is 4.05. The average Bonchev–Trinajstić information content (AvgIpc) is 2.45. The van der Waals surface area contributed by atoms with Crippen LogP contribution in [0.5, 0.6) is 0 Å². The Morgan fingerprint density at radius 3 is 2.87 bits per heavy atom. The highest BCUT2D eigenvalue weighted by Gasteiger charge is 2.25. The van der Waals surface area contributed by atoms with Gasteiger partial charge in [0.05, 0.1) is 5.37 Å². The minimum Gasteiger partial charge on any atom is -0.359 e. The molecule has 1 aliphatic rings. The van der Waals surface area contributed by atoms with Crippen molar-refractivity contribution in [1.82, 2.24) is 6.15 Å². The lowest BCUT2D eigenvalue weighted by atomic mass is 10.1. The molecule has 84 valence electrons. The van der Waals surface area contributed by atoms with Gasteiger partial charge in [0.15, 0.2) is 0 Å². The predicted molar refractivity (Wildman–Crippen MR) is 70.3 cm³/mol. The smallest absolute Gasteiger partial charge is 0.0762 e. The summed E-state index contributed by atoms with van der Waals surface area (Å²) in [5.74, 6) is 0. The van der Waals surface area contributed by atoms with Gasteiger partial charge in [-0.3, -0.25) is 0 Å². The Labute approximate surface area is 97.7 Å². The second-order valence-electron chi connectivity index (χ2n) is 4.01. The molecule has 2 nitrogen and oxygen atoms in total. The van der Waals surface area contributed by atoms with Gasteiger partial charge in [-0.05, 0) is 30.5 Å². The first-order chi connectivity index (χ1) is 6.72. The highest BCUT2D eigenvalue weighted by Crippen LogP contribution is 2.34. The molecule has 1 atom stereocenters. The SMILES string of the molecule is CCCN1c2cc(C)ccc2CC1S.N. The van der Waals surface area contributed by atoms with Crippen molar-refractivity contribution in [3.8, 4) is 0 Å². The van der Waals surface area contributed by atoms with Crippen molar-refractivity contribution in [1.29, 1.82) is 0 Å². The number of benzene rings is 1. The van der Waals surface area contributed by atoms with Crippen molar-refractivity contribution in [2.75, 3.05) is 11.4 Å². The van der Waals surface area contributed by atoms with E-state index < -0.39 is 0 Å². The topological polar surface area (TPSA) is 38.2 Å². The van der Waals surface area contributed by atoms with Crippen LogP contribution in [-0.2, 0) is 6.42 Å². The summed E-state index contributed by atoms with van der Waals surface area (Å²) in [4.78, 5) is 2.41. The van der Waals surface area contributed by atoms with E-state index in [1.165, 1.54) is 23.2 Å². The average molecular weight is 224 g/mol. The van der Waals surface area contributed by atoms with Gasteiger partial charge in [0.25, 0.3) is 0 Å². The molecule has 1 aromatic rings. The molecule has 2 rings (SSSR count). The van der Waals surface area contributed by atoms with Gasteiger partial charge in [-0.25, -0.2) is 0 Å². The zero-order valence-electron chi connectivity index (χ0n) is 9.53. The summed E-state index contributed by atoms with van der Waals surface area (Å²) < 4.78 is 0. The summed E-state index contributed by atoms with van der Waals surface area (Å²) in [6, 6.07) is 6.71. The standard InChI is InChI=1S/C12H17NS.H3N/c1-3-6-13-11-7-9(2)4-5-10(11)8-12(13)14;/h4-5,7,12,14H,3,6,8H2,1-2H3;1H3. The van der Waals surface area contributed by atoms with Crippen molar-refractivity contribution < 1.29 is 0 Å². The molecule has 15 heavy (non-hydrogen) atoms. The predicted octanol–water partition coefficient (Wildman–Crippen LogP) is 3.19. The van der Waals surface area contributed by atoms with Crippen LogP contribution in [0, 0.1) is 6.92 Å². The zero-order valence-corrected chi connectivity index (χ0v) is 10.4. The summed E-state index contributed by atoms with van der Waals surface area (Å²) in [6.07, 6.45) is 2.27. The summed E-state index contributed by atoms with van der Waals surface area (Å²) >= 11 is 4.63. The number of rotatable bonds is 2. The maximum atomic E-state index is 4.63. The Hall–Kier alpha value is -0.670. The van der Waals surface area contributed by atoms with Crippen LogP contribution in [0.4, 0.5) is 5.69 Å². The third-order valence-electron chi connectivity index (χ3n) is 2.78. The number of hydrogen-bond acceptors (Lipinski definition) is 3. The fourth-order valence-electron chi connectivity index (χ4n) is 2.09. The molecule has 0 saturated heterocycles. The molecule has 0 aromatic heterocycles. The normalized spacial score (nSPS) is 18.6. The fourth-order valence-corrected chi connectivity index (χ4v) is 2.53. The lowest BCUT2D eigenvalue weighted by Gasteiger charge is -2.23. The zero-order chi connectivity index (χ0) is 10.1. The van der Waals surface area contributed by atoms with Crippen LogP contribution in [0.25, 0.3) is 0 Å². The molecule has 1 unspecified atom stereocenters. The molecule has 3 N–H and O–H groups in total. The number of anilines is 1. The largest absolute Gasteiger partial charge is 0.359 e. The van der Waals surface area contributed by atoms with E-state index in [-0.39, 0.29) is 6.15 Å². The lowest BCUT2D eigenvalue weighted by molar-refractivity contribution is 0.766. The molecule has 0 bridgehead atoms. The summed E-state index contributed by atoms with van der Waals surface area (Å²) in [7, 11) is 0. The van der Waals surface area contributed by atoms with Crippen LogP contribution in [-0.4, -0.2) is 11.9 Å². The van der Waals surface area contributed by atoms with Gasteiger partial charge in [-0.15, -0.1) is 0 Å². The number of nitrogens with zero attached hydrogens (tertiary/aromatic N) is 1. The molecule has 3 heteroatoms. The second-order valence-corrected chi connectivity index (χ2v) is 4.61. The van der Waals surface area contributed by atoms with E-state index in [9.17, 15) is 0 Å². The Balaban J connectivity index is 0.00000112. The summed E-state index contributed by atoms with van der Waals surface area (Å²) in [6.45, 7) is 5.48. The first kappa shape index (κ1) is 12.4. The van der Waals surface area contributed by atoms with Crippen molar-refractivity contribution >= 4 is 18.3 Å². The van der Waals surface area contributed by atoms with Crippen molar-refractivity contribution in [3.63, 3.8) is 0 Å². The molecular formula is C12H20N2S. The van der Waals surface area contributed by atoms with Crippen LogP contribution in [0.3, 0.4) is 0 Å². The van der Waals surface area contributed by atoms with Crippen molar-refractivity contribution in [2.24, 2.45) is 0 Å². The van der Waals surface area contributed by atoms with Crippen molar-refractivity contribution in [2.45, 2.75) is 32.1 Å². The Bertz CT molecular complexity index is 338. The van der Waals surface area contributed by atoms with Crippen LogP contribution in [0.1, 0.15) is 24.5 Å². The Morgan fingerprint density at radius 2 is 2.20 bits per heavy atom. The maximum Gasteiger partial charge on any atom is 0.0762 e. The van der Waals surface area contributed by atoms with E-state index in [4.69, 9.17) is 0 Å². The monoisotopic (exact) mass is 224 g/mol. The lowest BCUT2D eigenvalue weighted by Crippen LogP contribution is -2.28. The van der Waals surface area contributed by atoms with Crippen LogP contribution in [0.15, 0.2) is 18.2 Å². The van der Waals surface area contributed by atoms with E-state index in [2.05, 4.69) is 49.6 Å². The first-order valence-corrected chi connectivity index (χ1v) is 5.78. The van der Waals surface area contributed by atoms with Gasteiger partial charge in [0.1, 0.15) is 0 Å². The fraction of sp³-hybridized carbons (Fsp3) is 0.500. The molecule has 1 aliphatic heterocycles. The van der Waals surface area contributed by atoms with E-state index in [1.807, 2.05) is 0 Å². The number of aryl methyl sites for hydroxylation is 1. The minimum atomic E-state index is 0. The van der Waals surface area contributed by atoms with Crippen LogP contribution >= 0.6 is 12.6 Å². The van der Waals surface area contributed by atoms with Gasteiger partial charge >= 0.3 is 0 Å². The number of fused-ring (bicyclic) bond motifs is 1. The quantitative estimate of drug-likeness (QED) is 0.757. The number of hydrogen-bond donors (Lipinski definition) is 2. The third kappa shape index (κ3) is 2.29. The molecule has 0 spiro atoms. The van der Waals surface area contributed by atoms with E-state index >= 15 is 0 Å². The molecular weight excluding hydrogens is 204 g/mol. The van der Waals surface area contributed by atoms with Gasteiger partial charge in [0.2, 0.25) is 0 Å². The van der Waals surface area contributed by atoms with E-state index in [0.29, 0.717) is 5.37 Å². The third-order valence-corrected chi connectivity index (χ3v) is 3.24. The van der Waals surface area contributed by atoms with Gasteiger partial charge in [-0.2, -0.15) is 12.6 Å². The molecule has 0 amide bonds. The van der Waals surface area contributed by atoms with E-state index in [1.54, 1.807) is 0 Å².